The fourth-order valence-corrected chi connectivity index (χ4v) is 3.41. The molecule has 28 heavy (non-hydrogen) atoms. The molecule has 2 aromatic rings. The number of amides is 2. The van der Waals surface area contributed by atoms with Gasteiger partial charge in [0, 0.05) is 31.7 Å². The second-order valence-electron chi connectivity index (χ2n) is 7.15. The average molecular weight is 383 g/mol. The second kappa shape index (κ2) is 8.97. The van der Waals surface area contributed by atoms with E-state index in [4.69, 9.17) is 0 Å². The summed E-state index contributed by atoms with van der Waals surface area (Å²) >= 11 is 0. The monoisotopic (exact) mass is 383 g/mol. The number of rotatable bonds is 5. The van der Waals surface area contributed by atoms with E-state index in [-0.39, 0.29) is 29.7 Å². The molecule has 1 aliphatic rings. The minimum atomic E-state index is -0.295. The van der Waals surface area contributed by atoms with Crippen molar-refractivity contribution in [3.8, 4) is 0 Å². The lowest BCUT2D eigenvalue weighted by atomic mass is 10.1. The molecule has 5 nitrogen and oxygen atoms in total. The predicted molar refractivity (Wildman–Crippen MR) is 106 cm³/mol. The molecule has 1 fully saturated rings. The summed E-state index contributed by atoms with van der Waals surface area (Å²) in [6.45, 7) is 6.25. The van der Waals surface area contributed by atoms with Crippen molar-refractivity contribution in [2.24, 2.45) is 0 Å². The van der Waals surface area contributed by atoms with Crippen molar-refractivity contribution in [2.45, 2.75) is 25.9 Å². The number of nitrogens with one attached hydrogen (secondary N) is 1. The van der Waals surface area contributed by atoms with Gasteiger partial charge in [-0.15, -0.1) is 0 Å². The number of halogens is 1. The largest absolute Gasteiger partial charge is 0.348 e. The Balaban J connectivity index is 1.51. The SMILES string of the molecule is CC(NC(=O)C(C)N1CCN(C(=O)c2ccccc2)CC1)c1ccc(F)cc1. The quantitative estimate of drug-likeness (QED) is 0.864. The summed E-state index contributed by atoms with van der Waals surface area (Å²) in [6, 6.07) is 14.9. The standard InChI is InChI=1S/C22H26FN3O2/c1-16(18-8-10-20(23)11-9-18)24-21(27)17(2)25-12-14-26(15-13-25)22(28)19-6-4-3-5-7-19/h3-11,16-17H,12-15H2,1-2H3,(H,24,27). The zero-order valence-electron chi connectivity index (χ0n) is 16.3. The lowest BCUT2D eigenvalue weighted by Crippen LogP contribution is -2.55. The Morgan fingerprint density at radius 1 is 0.929 bits per heavy atom. The normalized spacial score (nSPS) is 17.0. The van der Waals surface area contributed by atoms with Crippen LogP contribution in [0.4, 0.5) is 4.39 Å². The molecule has 0 aromatic heterocycles. The van der Waals surface area contributed by atoms with Crippen LogP contribution in [0.1, 0.15) is 35.8 Å². The zero-order chi connectivity index (χ0) is 20.1. The van der Waals surface area contributed by atoms with E-state index in [0.29, 0.717) is 31.7 Å². The molecule has 0 radical (unpaired) electrons. The minimum absolute atomic E-state index is 0.0299. The molecule has 148 valence electrons. The van der Waals surface area contributed by atoms with Gasteiger partial charge >= 0.3 is 0 Å². The molecule has 3 rings (SSSR count). The van der Waals surface area contributed by atoms with E-state index in [1.807, 2.05) is 49.1 Å². The van der Waals surface area contributed by atoms with Crippen LogP contribution in [0.15, 0.2) is 54.6 Å². The van der Waals surface area contributed by atoms with Crippen LogP contribution in [-0.2, 0) is 4.79 Å². The second-order valence-corrected chi connectivity index (χ2v) is 7.15. The van der Waals surface area contributed by atoms with Gasteiger partial charge < -0.3 is 10.2 Å². The molecule has 0 bridgehead atoms. The summed E-state index contributed by atoms with van der Waals surface area (Å²) in [6.07, 6.45) is 0. The van der Waals surface area contributed by atoms with E-state index in [0.717, 1.165) is 5.56 Å². The van der Waals surface area contributed by atoms with Crippen LogP contribution < -0.4 is 5.32 Å². The Morgan fingerprint density at radius 3 is 2.14 bits per heavy atom. The van der Waals surface area contributed by atoms with Gasteiger partial charge in [-0.05, 0) is 43.7 Å². The van der Waals surface area contributed by atoms with Gasteiger partial charge in [0.05, 0.1) is 12.1 Å². The Hall–Kier alpha value is -2.73. The first-order valence-corrected chi connectivity index (χ1v) is 9.60. The Kier molecular flexibility index (Phi) is 6.41. The fraction of sp³-hybridized carbons (Fsp3) is 0.364. The maximum atomic E-state index is 13.1. The van der Waals surface area contributed by atoms with Gasteiger partial charge in [0.15, 0.2) is 0 Å². The van der Waals surface area contributed by atoms with E-state index in [2.05, 4.69) is 10.2 Å². The Labute approximate surface area is 165 Å². The number of piperazine rings is 1. The van der Waals surface area contributed by atoms with Crippen LogP contribution >= 0.6 is 0 Å². The number of carbonyl (C=O) groups is 2. The highest BCUT2D eigenvalue weighted by Crippen LogP contribution is 2.15. The van der Waals surface area contributed by atoms with Crippen LogP contribution in [0.2, 0.25) is 0 Å². The van der Waals surface area contributed by atoms with Crippen LogP contribution in [0, 0.1) is 5.82 Å². The molecule has 2 amide bonds. The number of carbonyl (C=O) groups excluding carboxylic acids is 2. The van der Waals surface area contributed by atoms with E-state index < -0.39 is 0 Å². The average Bonchev–Trinajstić information content (AvgIpc) is 2.73. The summed E-state index contributed by atoms with van der Waals surface area (Å²) in [5, 5.41) is 2.99. The highest BCUT2D eigenvalue weighted by molar-refractivity contribution is 5.94. The van der Waals surface area contributed by atoms with Crippen LogP contribution in [-0.4, -0.2) is 53.8 Å². The first-order chi connectivity index (χ1) is 13.5. The third kappa shape index (κ3) is 4.75. The van der Waals surface area contributed by atoms with Crippen molar-refractivity contribution in [1.82, 2.24) is 15.1 Å². The van der Waals surface area contributed by atoms with E-state index in [1.54, 1.807) is 12.1 Å². The molecule has 0 spiro atoms. The van der Waals surface area contributed by atoms with Gasteiger partial charge in [-0.25, -0.2) is 4.39 Å². The van der Waals surface area contributed by atoms with Gasteiger partial charge in [-0.1, -0.05) is 30.3 Å². The maximum Gasteiger partial charge on any atom is 0.253 e. The summed E-state index contributed by atoms with van der Waals surface area (Å²) < 4.78 is 13.1. The van der Waals surface area contributed by atoms with Gasteiger partial charge in [0.25, 0.3) is 5.91 Å². The highest BCUT2D eigenvalue weighted by Gasteiger charge is 2.28. The van der Waals surface area contributed by atoms with Crippen molar-refractivity contribution < 1.29 is 14.0 Å². The van der Waals surface area contributed by atoms with E-state index in [9.17, 15) is 14.0 Å². The lowest BCUT2D eigenvalue weighted by molar-refractivity contribution is -0.127. The van der Waals surface area contributed by atoms with E-state index in [1.165, 1.54) is 12.1 Å². The Bertz CT molecular complexity index is 802. The number of hydrogen-bond acceptors (Lipinski definition) is 3. The van der Waals surface area contributed by atoms with Crippen molar-refractivity contribution >= 4 is 11.8 Å². The van der Waals surface area contributed by atoms with Crippen molar-refractivity contribution in [1.29, 1.82) is 0 Å². The third-order valence-electron chi connectivity index (χ3n) is 5.28. The molecule has 6 heteroatoms. The zero-order valence-corrected chi connectivity index (χ0v) is 16.3. The van der Waals surface area contributed by atoms with Crippen molar-refractivity contribution in [2.75, 3.05) is 26.2 Å². The number of benzene rings is 2. The summed E-state index contributed by atoms with van der Waals surface area (Å²) in [5.74, 6) is -0.333. The molecule has 0 saturated carbocycles. The van der Waals surface area contributed by atoms with Crippen LogP contribution in [0.25, 0.3) is 0 Å². The molecule has 1 saturated heterocycles. The van der Waals surface area contributed by atoms with Crippen molar-refractivity contribution in [3.63, 3.8) is 0 Å². The first-order valence-electron chi connectivity index (χ1n) is 9.60. The lowest BCUT2D eigenvalue weighted by Gasteiger charge is -2.37. The number of nitrogens with zero attached hydrogens (tertiary/aromatic N) is 2. The molecule has 1 N–H and O–H groups in total. The molecule has 2 unspecified atom stereocenters. The summed E-state index contributed by atoms with van der Waals surface area (Å²) in [7, 11) is 0. The number of hydrogen-bond donors (Lipinski definition) is 1. The van der Waals surface area contributed by atoms with Gasteiger partial charge in [-0.3, -0.25) is 14.5 Å². The van der Waals surface area contributed by atoms with Crippen molar-refractivity contribution in [3.05, 3.63) is 71.5 Å². The topological polar surface area (TPSA) is 52.7 Å². The molecular weight excluding hydrogens is 357 g/mol. The highest BCUT2D eigenvalue weighted by atomic mass is 19.1. The van der Waals surface area contributed by atoms with E-state index >= 15 is 0 Å². The minimum Gasteiger partial charge on any atom is -0.348 e. The summed E-state index contributed by atoms with van der Waals surface area (Å²) in [5.41, 5.74) is 1.55. The molecule has 0 aliphatic carbocycles. The smallest absolute Gasteiger partial charge is 0.253 e. The molecular formula is C22H26FN3O2. The van der Waals surface area contributed by atoms with Crippen LogP contribution in [0.5, 0.6) is 0 Å². The molecule has 2 aromatic carbocycles. The van der Waals surface area contributed by atoms with Gasteiger partial charge in [0.2, 0.25) is 5.91 Å². The predicted octanol–water partition coefficient (Wildman–Crippen LogP) is 2.85. The Morgan fingerprint density at radius 2 is 1.54 bits per heavy atom. The van der Waals surface area contributed by atoms with Gasteiger partial charge in [-0.2, -0.15) is 0 Å². The third-order valence-corrected chi connectivity index (χ3v) is 5.28. The van der Waals surface area contributed by atoms with Crippen LogP contribution in [0.3, 0.4) is 0 Å². The van der Waals surface area contributed by atoms with Gasteiger partial charge in [0.1, 0.15) is 5.82 Å². The maximum absolute atomic E-state index is 13.1. The fourth-order valence-electron chi connectivity index (χ4n) is 3.41. The molecule has 2 atom stereocenters. The molecule has 1 heterocycles. The molecule has 1 aliphatic heterocycles. The summed E-state index contributed by atoms with van der Waals surface area (Å²) in [4.78, 5) is 29.1. The first kappa shape index (κ1) is 20.0.